The monoisotopic (exact) mass is 167 g/mol. The Morgan fingerprint density at radius 3 is 3.08 bits per heavy atom. The molecule has 0 saturated heterocycles. The van der Waals surface area contributed by atoms with Crippen molar-refractivity contribution in [2.45, 2.75) is 13.0 Å². The molecular weight excluding hydrogens is 154 g/mol. The van der Waals surface area contributed by atoms with E-state index in [2.05, 4.69) is 10.3 Å². The van der Waals surface area contributed by atoms with Crippen molar-refractivity contribution in [3.05, 3.63) is 18.3 Å². The molecule has 4 heteroatoms. The Labute approximate surface area is 71.4 Å². The first-order chi connectivity index (χ1) is 5.74. The molecule has 66 valence electrons. The number of nitrogens with one attached hydrogen (secondary N) is 1. The Kier molecular flexibility index (Phi) is 2.88. The van der Waals surface area contributed by atoms with Crippen molar-refractivity contribution in [2.24, 2.45) is 0 Å². The molecule has 0 aromatic carbocycles. The predicted octanol–water partition coefficient (Wildman–Crippen LogP) is 0.457. The summed E-state index contributed by atoms with van der Waals surface area (Å²) < 4.78 is 0. The average Bonchev–Trinajstić information content (AvgIpc) is 2.09. The van der Waals surface area contributed by atoms with Gasteiger partial charge in [-0.3, -0.25) is 0 Å². The number of hydrogen-bond donors (Lipinski definition) is 3. The van der Waals surface area contributed by atoms with E-state index in [1.54, 1.807) is 18.3 Å². The first-order valence-corrected chi connectivity index (χ1v) is 3.82. The Morgan fingerprint density at radius 1 is 1.75 bits per heavy atom. The van der Waals surface area contributed by atoms with Gasteiger partial charge < -0.3 is 16.2 Å². The first kappa shape index (κ1) is 8.80. The number of anilines is 2. The Morgan fingerprint density at radius 2 is 2.50 bits per heavy atom. The van der Waals surface area contributed by atoms with Crippen molar-refractivity contribution in [3.63, 3.8) is 0 Å². The highest BCUT2D eigenvalue weighted by Gasteiger charge is 2.02. The molecule has 0 radical (unpaired) electrons. The molecule has 0 spiro atoms. The number of nitrogens with two attached hydrogens (primary N) is 1. The standard InChI is InChI=1S/C8H13N3O/c1-6(5-12)11-8-7(9)3-2-4-10-8/h2-4,6,12H,5,9H2,1H3,(H,10,11). The van der Waals surface area contributed by atoms with Crippen molar-refractivity contribution in [1.29, 1.82) is 0 Å². The van der Waals surface area contributed by atoms with Gasteiger partial charge in [-0.25, -0.2) is 4.98 Å². The number of nitrogens with zero attached hydrogens (tertiary/aromatic N) is 1. The van der Waals surface area contributed by atoms with Gasteiger partial charge in [0.25, 0.3) is 0 Å². The van der Waals surface area contributed by atoms with Crippen LogP contribution in [0.2, 0.25) is 0 Å². The molecule has 4 N–H and O–H groups in total. The summed E-state index contributed by atoms with van der Waals surface area (Å²) in [7, 11) is 0. The second kappa shape index (κ2) is 3.92. The van der Waals surface area contributed by atoms with Crippen molar-refractivity contribution < 1.29 is 5.11 Å². The van der Waals surface area contributed by atoms with E-state index in [-0.39, 0.29) is 12.6 Å². The zero-order valence-electron chi connectivity index (χ0n) is 6.99. The van der Waals surface area contributed by atoms with Crippen molar-refractivity contribution in [2.75, 3.05) is 17.7 Å². The molecule has 1 unspecified atom stereocenters. The van der Waals surface area contributed by atoms with Gasteiger partial charge in [0, 0.05) is 12.2 Å². The maximum absolute atomic E-state index is 8.76. The second-order valence-electron chi connectivity index (χ2n) is 2.67. The van der Waals surface area contributed by atoms with Gasteiger partial charge in [-0.2, -0.15) is 0 Å². The molecule has 0 amide bonds. The lowest BCUT2D eigenvalue weighted by molar-refractivity contribution is 0.281. The fourth-order valence-electron chi connectivity index (χ4n) is 0.817. The number of aromatic nitrogens is 1. The van der Waals surface area contributed by atoms with Gasteiger partial charge in [-0.05, 0) is 19.1 Å². The van der Waals surface area contributed by atoms with Crippen LogP contribution in [0.5, 0.6) is 0 Å². The molecule has 0 saturated carbocycles. The number of nitrogen functional groups attached to an aromatic ring is 1. The highest BCUT2D eigenvalue weighted by atomic mass is 16.3. The molecular formula is C8H13N3O. The van der Waals surface area contributed by atoms with Crippen LogP contribution in [0, 0.1) is 0 Å². The molecule has 4 nitrogen and oxygen atoms in total. The van der Waals surface area contributed by atoms with Gasteiger partial charge >= 0.3 is 0 Å². The summed E-state index contributed by atoms with van der Waals surface area (Å²) in [6.45, 7) is 1.92. The summed E-state index contributed by atoms with van der Waals surface area (Å²) in [5, 5.41) is 11.7. The van der Waals surface area contributed by atoms with Crippen molar-refractivity contribution in [3.8, 4) is 0 Å². The summed E-state index contributed by atoms with van der Waals surface area (Å²) in [5.74, 6) is 0.624. The second-order valence-corrected chi connectivity index (χ2v) is 2.67. The smallest absolute Gasteiger partial charge is 0.149 e. The Balaban J connectivity index is 2.69. The van der Waals surface area contributed by atoms with E-state index in [0.29, 0.717) is 11.5 Å². The zero-order valence-corrected chi connectivity index (χ0v) is 6.99. The van der Waals surface area contributed by atoms with Crippen LogP contribution in [-0.4, -0.2) is 22.7 Å². The van der Waals surface area contributed by atoms with Crippen molar-refractivity contribution in [1.82, 2.24) is 4.98 Å². The molecule has 1 aromatic heterocycles. The lowest BCUT2D eigenvalue weighted by Gasteiger charge is -2.12. The highest BCUT2D eigenvalue weighted by Crippen LogP contribution is 2.13. The quantitative estimate of drug-likeness (QED) is 0.611. The maximum Gasteiger partial charge on any atom is 0.149 e. The highest BCUT2D eigenvalue weighted by molar-refractivity contribution is 5.60. The number of aliphatic hydroxyl groups excluding tert-OH is 1. The zero-order chi connectivity index (χ0) is 8.97. The van der Waals surface area contributed by atoms with Gasteiger partial charge in [0.2, 0.25) is 0 Å². The van der Waals surface area contributed by atoms with E-state index in [0.717, 1.165) is 0 Å². The molecule has 0 fully saturated rings. The van der Waals surface area contributed by atoms with Gasteiger partial charge in [0.15, 0.2) is 0 Å². The van der Waals surface area contributed by atoms with Gasteiger partial charge in [0.1, 0.15) is 5.82 Å². The minimum Gasteiger partial charge on any atom is -0.396 e. The minimum atomic E-state index is -0.0257. The van der Waals surface area contributed by atoms with E-state index in [1.807, 2.05) is 6.92 Å². The van der Waals surface area contributed by atoms with E-state index in [1.165, 1.54) is 0 Å². The largest absolute Gasteiger partial charge is 0.396 e. The normalized spacial score (nSPS) is 12.5. The lowest BCUT2D eigenvalue weighted by atomic mass is 10.3. The molecule has 12 heavy (non-hydrogen) atoms. The van der Waals surface area contributed by atoms with Crippen LogP contribution < -0.4 is 11.1 Å². The predicted molar refractivity (Wildman–Crippen MR) is 48.8 cm³/mol. The summed E-state index contributed by atoms with van der Waals surface area (Å²) >= 11 is 0. The maximum atomic E-state index is 8.76. The topological polar surface area (TPSA) is 71.2 Å². The number of hydrogen-bond acceptors (Lipinski definition) is 4. The van der Waals surface area contributed by atoms with Crippen LogP contribution in [0.3, 0.4) is 0 Å². The molecule has 1 heterocycles. The third-order valence-electron chi connectivity index (χ3n) is 1.50. The van der Waals surface area contributed by atoms with Crippen LogP contribution in [0.1, 0.15) is 6.92 Å². The van der Waals surface area contributed by atoms with E-state index in [4.69, 9.17) is 10.8 Å². The summed E-state index contributed by atoms with van der Waals surface area (Å²) in [5.41, 5.74) is 6.21. The van der Waals surface area contributed by atoms with Crippen LogP contribution in [-0.2, 0) is 0 Å². The van der Waals surface area contributed by atoms with Crippen LogP contribution in [0.15, 0.2) is 18.3 Å². The van der Waals surface area contributed by atoms with E-state index in [9.17, 15) is 0 Å². The van der Waals surface area contributed by atoms with E-state index >= 15 is 0 Å². The molecule has 1 rings (SSSR count). The van der Waals surface area contributed by atoms with Crippen LogP contribution >= 0.6 is 0 Å². The van der Waals surface area contributed by atoms with Gasteiger partial charge in [0.05, 0.1) is 12.3 Å². The third kappa shape index (κ3) is 2.10. The Bertz CT molecular complexity index is 252. The van der Waals surface area contributed by atoms with Gasteiger partial charge in [-0.15, -0.1) is 0 Å². The first-order valence-electron chi connectivity index (χ1n) is 3.82. The molecule has 0 aliphatic carbocycles. The average molecular weight is 167 g/mol. The minimum absolute atomic E-state index is 0.0257. The van der Waals surface area contributed by atoms with Crippen LogP contribution in [0.4, 0.5) is 11.5 Å². The number of rotatable bonds is 3. The molecule has 0 aliphatic rings. The fraction of sp³-hybridized carbons (Fsp3) is 0.375. The number of aliphatic hydroxyl groups is 1. The summed E-state index contributed by atoms with van der Waals surface area (Å²) in [6.07, 6.45) is 1.66. The van der Waals surface area contributed by atoms with Crippen molar-refractivity contribution >= 4 is 11.5 Å². The third-order valence-corrected chi connectivity index (χ3v) is 1.50. The fourth-order valence-corrected chi connectivity index (χ4v) is 0.817. The van der Waals surface area contributed by atoms with E-state index < -0.39 is 0 Å². The SMILES string of the molecule is CC(CO)Nc1ncccc1N. The molecule has 0 bridgehead atoms. The molecule has 1 atom stereocenters. The summed E-state index contributed by atoms with van der Waals surface area (Å²) in [6, 6.07) is 3.51. The summed E-state index contributed by atoms with van der Waals surface area (Å²) in [4.78, 5) is 4.02. The van der Waals surface area contributed by atoms with Gasteiger partial charge in [-0.1, -0.05) is 0 Å². The molecule has 1 aromatic rings. The van der Waals surface area contributed by atoms with Crippen LogP contribution in [0.25, 0.3) is 0 Å². The Hall–Kier alpha value is -1.29. The number of pyridine rings is 1. The lowest BCUT2D eigenvalue weighted by Crippen LogP contribution is -2.20. The molecule has 0 aliphatic heterocycles.